The summed E-state index contributed by atoms with van der Waals surface area (Å²) in [5, 5.41) is 2.96. The Balaban J connectivity index is 1.32. The van der Waals surface area contributed by atoms with Gasteiger partial charge in [-0.05, 0) is 48.2 Å². The van der Waals surface area contributed by atoms with Gasteiger partial charge >= 0.3 is 6.61 Å². The minimum Gasteiger partial charge on any atom is -0.489 e. The first-order chi connectivity index (χ1) is 17.5. The van der Waals surface area contributed by atoms with Crippen molar-refractivity contribution in [1.82, 2.24) is 10.2 Å². The Kier molecular flexibility index (Phi) is 8.49. The van der Waals surface area contributed by atoms with Crippen LogP contribution in [-0.4, -0.2) is 36.4 Å². The Bertz CT molecular complexity index is 1170. The number of halogens is 2. The van der Waals surface area contributed by atoms with Crippen molar-refractivity contribution in [3.8, 4) is 11.5 Å². The largest absolute Gasteiger partial charge is 0.489 e. The first kappa shape index (κ1) is 25.2. The molecule has 1 atom stereocenters. The van der Waals surface area contributed by atoms with Crippen molar-refractivity contribution in [2.24, 2.45) is 5.92 Å². The van der Waals surface area contributed by atoms with Crippen LogP contribution in [0.5, 0.6) is 11.5 Å². The van der Waals surface area contributed by atoms with Gasteiger partial charge < -0.3 is 19.7 Å². The molecule has 188 valence electrons. The highest BCUT2D eigenvalue weighted by Crippen LogP contribution is 2.25. The molecule has 8 heteroatoms. The number of benzene rings is 3. The van der Waals surface area contributed by atoms with Gasteiger partial charge in [-0.25, -0.2) is 0 Å². The third-order valence-electron chi connectivity index (χ3n) is 6.02. The molecule has 1 unspecified atom stereocenters. The third kappa shape index (κ3) is 6.81. The van der Waals surface area contributed by atoms with Gasteiger partial charge in [0.05, 0.1) is 11.5 Å². The number of nitrogens with zero attached hydrogens (tertiary/aromatic N) is 1. The Morgan fingerprint density at radius 3 is 2.53 bits per heavy atom. The minimum atomic E-state index is -3.03. The molecule has 1 N–H and O–H groups in total. The van der Waals surface area contributed by atoms with Crippen LogP contribution in [0.3, 0.4) is 0 Å². The van der Waals surface area contributed by atoms with Crippen molar-refractivity contribution in [2.45, 2.75) is 32.6 Å². The van der Waals surface area contributed by atoms with Crippen LogP contribution in [-0.2, 0) is 17.9 Å². The molecule has 6 nitrogen and oxygen atoms in total. The molecule has 0 aliphatic carbocycles. The van der Waals surface area contributed by atoms with Crippen LogP contribution in [0.25, 0.3) is 0 Å². The fourth-order valence-corrected chi connectivity index (χ4v) is 4.23. The van der Waals surface area contributed by atoms with E-state index in [4.69, 9.17) is 4.74 Å². The van der Waals surface area contributed by atoms with E-state index in [0.29, 0.717) is 32.5 Å². The second-order valence-electron chi connectivity index (χ2n) is 8.60. The van der Waals surface area contributed by atoms with Gasteiger partial charge in [-0.15, -0.1) is 0 Å². The standard InChI is InChI=1S/C28H28F2N2O4/c29-28(30)36-25-14-5-4-13-24(25)27(34)32-15-7-10-22(18-32)26(33)31-17-20-8-6-9-21(16-20)19-35-23-11-2-1-3-12-23/h1-6,8-9,11-14,16,22,28H,7,10,15,17-19H2,(H,31,33). The SMILES string of the molecule is O=C(NCc1cccc(COc2ccccc2)c1)C1CCCN(C(=O)c2ccccc2OC(F)F)C1. The van der Waals surface area contributed by atoms with Gasteiger partial charge in [-0.3, -0.25) is 9.59 Å². The van der Waals surface area contributed by atoms with Crippen LogP contribution in [0.15, 0.2) is 78.9 Å². The van der Waals surface area contributed by atoms with Gasteiger partial charge in [0.1, 0.15) is 18.1 Å². The van der Waals surface area contributed by atoms with Gasteiger partial charge in [-0.2, -0.15) is 8.78 Å². The lowest BCUT2D eigenvalue weighted by atomic mass is 9.96. The molecule has 1 saturated heterocycles. The fraction of sp³-hybridized carbons (Fsp3) is 0.286. The van der Waals surface area contributed by atoms with E-state index in [9.17, 15) is 18.4 Å². The van der Waals surface area contributed by atoms with E-state index in [-0.39, 0.29) is 29.7 Å². The molecule has 3 aromatic rings. The third-order valence-corrected chi connectivity index (χ3v) is 6.02. The molecular weight excluding hydrogens is 466 g/mol. The number of amides is 2. The molecule has 1 heterocycles. The van der Waals surface area contributed by atoms with Crippen LogP contribution >= 0.6 is 0 Å². The summed E-state index contributed by atoms with van der Waals surface area (Å²) < 4.78 is 35.8. The Hall–Kier alpha value is -3.94. The molecule has 1 aliphatic rings. The second kappa shape index (κ2) is 12.2. The molecule has 0 bridgehead atoms. The number of ether oxygens (including phenoxy) is 2. The topological polar surface area (TPSA) is 67.9 Å². The van der Waals surface area contributed by atoms with Crippen molar-refractivity contribution in [3.63, 3.8) is 0 Å². The monoisotopic (exact) mass is 494 g/mol. The molecule has 3 aromatic carbocycles. The number of nitrogens with one attached hydrogen (secondary N) is 1. The zero-order valence-corrected chi connectivity index (χ0v) is 19.7. The van der Waals surface area contributed by atoms with E-state index < -0.39 is 12.5 Å². The predicted octanol–water partition coefficient (Wildman–Crippen LogP) is 5.04. The number of hydrogen-bond donors (Lipinski definition) is 1. The Morgan fingerprint density at radius 2 is 1.72 bits per heavy atom. The summed E-state index contributed by atoms with van der Waals surface area (Å²) in [5.74, 6) is -0.322. The van der Waals surface area contributed by atoms with E-state index in [1.165, 1.54) is 23.1 Å². The number of rotatable bonds is 9. The lowest BCUT2D eigenvalue weighted by molar-refractivity contribution is -0.126. The summed E-state index contributed by atoms with van der Waals surface area (Å²) in [5.41, 5.74) is 2.00. The number of alkyl halides is 2. The molecule has 1 aliphatic heterocycles. The van der Waals surface area contributed by atoms with Crippen molar-refractivity contribution in [2.75, 3.05) is 13.1 Å². The highest BCUT2D eigenvalue weighted by molar-refractivity contribution is 5.97. The van der Waals surface area contributed by atoms with Crippen molar-refractivity contribution >= 4 is 11.8 Å². The molecule has 1 fully saturated rings. The number of piperidine rings is 1. The summed E-state index contributed by atoms with van der Waals surface area (Å²) >= 11 is 0. The molecule has 0 saturated carbocycles. The maximum absolute atomic E-state index is 13.0. The predicted molar refractivity (Wildman–Crippen MR) is 131 cm³/mol. The normalized spacial score (nSPS) is 15.4. The van der Waals surface area contributed by atoms with Crippen molar-refractivity contribution in [1.29, 1.82) is 0 Å². The smallest absolute Gasteiger partial charge is 0.387 e. The Labute approximate surface area is 208 Å². The van der Waals surface area contributed by atoms with Gasteiger partial charge in [-0.1, -0.05) is 54.6 Å². The highest BCUT2D eigenvalue weighted by Gasteiger charge is 2.30. The maximum atomic E-state index is 13.0. The molecule has 4 rings (SSSR count). The van der Waals surface area contributed by atoms with Crippen LogP contribution in [0, 0.1) is 5.92 Å². The summed E-state index contributed by atoms with van der Waals surface area (Å²) in [6.07, 6.45) is 1.30. The van der Waals surface area contributed by atoms with Gasteiger partial charge in [0, 0.05) is 19.6 Å². The van der Waals surface area contributed by atoms with Crippen LogP contribution in [0.2, 0.25) is 0 Å². The van der Waals surface area contributed by atoms with Crippen LogP contribution in [0.4, 0.5) is 8.78 Å². The van der Waals surface area contributed by atoms with Gasteiger partial charge in [0.2, 0.25) is 5.91 Å². The average molecular weight is 495 g/mol. The lowest BCUT2D eigenvalue weighted by Gasteiger charge is -2.32. The maximum Gasteiger partial charge on any atom is 0.387 e. The first-order valence-electron chi connectivity index (χ1n) is 11.9. The number of carbonyl (C=O) groups is 2. The fourth-order valence-electron chi connectivity index (χ4n) is 4.23. The van der Waals surface area contributed by atoms with Crippen LogP contribution in [0.1, 0.15) is 34.3 Å². The van der Waals surface area contributed by atoms with Crippen molar-refractivity contribution < 1.29 is 27.8 Å². The second-order valence-corrected chi connectivity index (χ2v) is 8.60. The highest BCUT2D eigenvalue weighted by atomic mass is 19.3. The zero-order chi connectivity index (χ0) is 25.3. The number of hydrogen-bond acceptors (Lipinski definition) is 4. The summed E-state index contributed by atoms with van der Waals surface area (Å²) in [6, 6.07) is 23.3. The molecule has 0 radical (unpaired) electrons. The Morgan fingerprint density at radius 1 is 0.972 bits per heavy atom. The van der Waals surface area contributed by atoms with Crippen LogP contribution < -0.4 is 14.8 Å². The number of carbonyl (C=O) groups excluding carboxylic acids is 2. The average Bonchev–Trinajstić information content (AvgIpc) is 2.91. The molecule has 0 spiro atoms. The lowest BCUT2D eigenvalue weighted by Crippen LogP contribution is -2.45. The van der Waals surface area contributed by atoms with Gasteiger partial charge in [0.15, 0.2) is 0 Å². The number of para-hydroxylation sites is 2. The summed E-state index contributed by atoms with van der Waals surface area (Å²) in [7, 11) is 0. The minimum absolute atomic E-state index is 0.0633. The van der Waals surface area contributed by atoms with Gasteiger partial charge in [0.25, 0.3) is 5.91 Å². The molecule has 0 aromatic heterocycles. The summed E-state index contributed by atoms with van der Waals surface area (Å²) in [4.78, 5) is 27.4. The van der Waals surface area contributed by atoms with Crippen molar-refractivity contribution in [3.05, 3.63) is 95.6 Å². The zero-order valence-electron chi connectivity index (χ0n) is 19.7. The number of likely N-dealkylation sites (tertiary alicyclic amines) is 1. The first-order valence-corrected chi connectivity index (χ1v) is 11.9. The van der Waals surface area contributed by atoms with E-state index in [0.717, 1.165) is 16.9 Å². The molecular formula is C28H28F2N2O4. The van der Waals surface area contributed by atoms with E-state index in [1.54, 1.807) is 6.07 Å². The summed E-state index contributed by atoms with van der Waals surface area (Å²) in [6.45, 7) is -1.58. The molecule has 2 amide bonds. The van der Waals surface area contributed by atoms with E-state index >= 15 is 0 Å². The van der Waals surface area contributed by atoms with E-state index in [2.05, 4.69) is 10.1 Å². The molecule has 36 heavy (non-hydrogen) atoms. The van der Waals surface area contributed by atoms with E-state index in [1.807, 2.05) is 54.6 Å². The quantitative estimate of drug-likeness (QED) is 0.453.